The standard InChI is InChI=1S/C14H14FNO2S/c1-9-5-6-19-13(9)8-16-10-3-4-12(15)11(7-10)14(17)18-2/h3-7,16H,8H2,1-2H3. The third-order valence-electron chi connectivity index (χ3n) is 2.79. The van der Waals surface area contributed by atoms with Gasteiger partial charge in [0.15, 0.2) is 0 Å². The lowest BCUT2D eigenvalue weighted by atomic mass is 10.2. The number of carbonyl (C=O) groups excluding carboxylic acids is 1. The van der Waals surface area contributed by atoms with Crippen LogP contribution in [0.1, 0.15) is 20.8 Å². The van der Waals surface area contributed by atoms with Crippen molar-refractivity contribution in [1.29, 1.82) is 0 Å². The van der Waals surface area contributed by atoms with E-state index in [1.807, 2.05) is 18.4 Å². The highest BCUT2D eigenvalue weighted by Crippen LogP contribution is 2.20. The Kier molecular flexibility index (Phi) is 4.16. The normalized spacial score (nSPS) is 10.3. The lowest BCUT2D eigenvalue weighted by Crippen LogP contribution is -2.06. The summed E-state index contributed by atoms with van der Waals surface area (Å²) in [6.45, 7) is 2.69. The molecular weight excluding hydrogens is 265 g/mol. The third-order valence-corrected chi connectivity index (χ3v) is 3.82. The number of halogens is 1. The molecule has 1 aromatic carbocycles. The molecule has 1 aromatic heterocycles. The van der Waals surface area contributed by atoms with E-state index in [0.29, 0.717) is 12.2 Å². The van der Waals surface area contributed by atoms with Crippen LogP contribution in [0.15, 0.2) is 29.6 Å². The van der Waals surface area contributed by atoms with Crippen LogP contribution in [0, 0.1) is 12.7 Å². The van der Waals surface area contributed by atoms with E-state index in [4.69, 9.17) is 0 Å². The van der Waals surface area contributed by atoms with Gasteiger partial charge in [0.1, 0.15) is 5.82 Å². The van der Waals surface area contributed by atoms with Crippen LogP contribution in [-0.2, 0) is 11.3 Å². The molecule has 3 nitrogen and oxygen atoms in total. The van der Waals surface area contributed by atoms with E-state index in [2.05, 4.69) is 10.1 Å². The highest BCUT2D eigenvalue weighted by Gasteiger charge is 2.12. The molecule has 1 heterocycles. The van der Waals surface area contributed by atoms with Gasteiger partial charge in [-0.05, 0) is 42.1 Å². The summed E-state index contributed by atoms with van der Waals surface area (Å²) in [5, 5.41) is 5.20. The molecule has 0 radical (unpaired) electrons. The third kappa shape index (κ3) is 3.12. The zero-order valence-electron chi connectivity index (χ0n) is 10.7. The van der Waals surface area contributed by atoms with Gasteiger partial charge in [-0.2, -0.15) is 0 Å². The van der Waals surface area contributed by atoms with Crippen LogP contribution in [0.2, 0.25) is 0 Å². The monoisotopic (exact) mass is 279 g/mol. The first-order chi connectivity index (χ1) is 9.11. The molecule has 2 rings (SSSR count). The van der Waals surface area contributed by atoms with Crippen molar-refractivity contribution in [2.45, 2.75) is 13.5 Å². The number of anilines is 1. The van der Waals surface area contributed by atoms with Crippen LogP contribution < -0.4 is 5.32 Å². The van der Waals surface area contributed by atoms with Crippen LogP contribution >= 0.6 is 11.3 Å². The number of esters is 1. The fourth-order valence-corrected chi connectivity index (χ4v) is 2.52. The molecule has 100 valence electrons. The Morgan fingerprint density at radius 1 is 1.42 bits per heavy atom. The Morgan fingerprint density at radius 2 is 2.21 bits per heavy atom. The van der Waals surface area contributed by atoms with Crippen molar-refractivity contribution in [3.63, 3.8) is 0 Å². The zero-order chi connectivity index (χ0) is 13.8. The number of thiophene rings is 1. The fourth-order valence-electron chi connectivity index (χ4n) is 1.67. The van der Waals surface area contributed by atoms with Gasteiger partial charge >= 0.3 is 5.97 Å². The lowest BCUT2D eigenvalue weighted by molar-refractivity contribution is 0.0595. The van der Waals surface area contributed by atoms with Crippen molar-refractivity contribution in [1.82, 2.24) is 0 Å². The maximum absolute atomic E-state index is 13.5. The maximum Gasteiger partial charge on any atom is 0.340 e. The van der Waals surface area contributed by atoms with Crippen molar-refractivity contribution in [3.8, 4) is 0 Å². The van der Waals surface area contributed by atoms with Gasteiger partial charge in [-0.1, -0.05) is 0 Å². The van der Waals surface area contributed by atoms with Crippen molar-refractivity contribution >= 4 is 23.0 Å². The molecule has 0 aliphatic carbocycles. The Bertz CT molecular complexity index is 595. The van der Waals surface area contributed by atoms with E-state index in [1.54, 1.807) is 17.4 Å². The molecule has 0 spiro atoms. The van der Waals surface area contributed by atoms with Crippen LogP contribution in [0.3, 0.4) is 0 Å². The molecular formula is C14H14FNO2S. The molecule has 19 heavy (non-hydrogen) atoms. The summed E-state index contributed by atoms with van der Waals surface area (Å²) < 4.78 is 18.0. The number of nitrogens with one attached hydrogen (secondary N) is 1. The van der Waals surface area contributed by atoms with Gasteiger partial charge in [0.2, 0.25) is 0 Å². The van der Waals surface area contributed by atoms with E-state index in [0.717, 1.165) is 0 Å². The Labute approximate surface area is 115 Å². The van der Waals surface area contributed by atoms with E-state index < -0.39 is 11.8 Å². The van der Waals surface area contributed by atoms with E-state index in [-0.39, 0.29) is 5.56 Å². The van der Waals surface area contributed by atoms with Gasteiger partial charge in [-0.25, -0.2) is 9.18 Å². The van der Waals surface area contributed by atoms with Crippen molar-refractivity contribution in [3.05, 3.63) is 51.5 Å². The number of methoxy groups -OCH3 is 1. The number of ether oxygens (including phenoxy) is 1. The molecule has 0 unspecified atom stereocenters. The summed E-state index contributed by atoms with van der Waals surface area (Å²) in [4.78, 5) is 12.6. The number of carbonyl (C=O) groups is 1. The topological polar surface area (TPSA) is 38.3 Å². The van der Waals surface area contributed by atoms with Crippen molar-refractivity contribution < 1.29 is 13.9 Å². The molecule has 0 aliphatic heterocycles. The highest BCUT2D eigenvalue weighted by molar-refractivity contribution is 7.10. The molecule has 1 N–H and O–H groups in total. The second-order valence-electron chi connectivity index (χ2n) is 4.07. The highest BCUT2D eigenvalue weighted by atomic mass is 32.1. The van der Waals surface area contributed by atoms with Crippen LogP contribution in [0.5, 0.6) is 0 Å². The summed E-state index contributed by atoms with van der Waals surface area (Å²) in [6.07, 6.45) is 0. The predicted octanol–water partition coefficient (Wildman–Crippen LogP) is 3.59. The molecule has 0 bridgehead atoms. The van der Waals surface area contributed by atoms with Crippen LogP contribution in [0.25, 0.3) is 0 Å². The van der Waals surface area contributed by atoms with E-state index >= 15 is 0 Å². The quantitative estimate of drug-likeness (QED) is 0.869. The molecule has 0 saturated heterocycles. The minimum atomic E-state index is -0.673. The first-order valence-electron chi connectivity index (χ1n) is 5.76. The molecule has 0 saturated carbocycles. The first kappa shape index (κ1) is 13.5. The van der Waals surface area contributed by atoms with E-state index in [9.17, 15) is 9.18 Å². The van der Waals surface area contributed by atoms with Crippen LogP contribution in [0.4, 0.5) is 10.1 Å². The second-order valence-corrected chi connectivity index (χ2v) is 5.07. The summed E-state index contributed by atoms with van der Waals surface area (Å²) >= 11 is 1.66. The molecule has 5 heteroatoms. The van der Waals surface area contributed by atoms with Crippen LogP contribution in [-0.4, -0.2) is 13.1 Å². The Balaban J connectivity index is 2.13. The maximum atomic E-state index is 13.5. The van der Waals surface area contributed by atoms with Crippen molar-refractivity contribution in [2.24, 2.45) is 0 Å². The Morgan fingerprint density at radius 3 is 2.84 bits per heavy atom. The van der Waals surface area contributed by atoms with Gasteiger partial charge < -0.3 is 10.1 Å². The molecule has 0 atom stereocenters. The number of hydrogen-bond acceptors (Lipinski definition) is 4. The van der Waals surface area contributed by atoms with Gasteiger partial charge in [0, 0.05) is 17.1 Å². The Hall–Kier alpha value is -1.88. The number of benzene rings is 1. The smallest absolute Gasteiger partial charge is 0.340 e. The summed E-state index contributed by atoms with van der Waals surface area (Å²) in [7, 11) is 1.23. The molecule has 2 aromatic rings. The fraction of sp³-hybridized carbons (Fsp3) is 0.214. The number of hydrogen-bond donors (Lipinski definition) is 1. The van der Waals surface area contributed by atoms with Gasteiger partial charge in [-0.3, -0.25) is 0 Å². The minimum absolute atomic E-state index is 0.0598. The first-order valence-corrected chi connectivity index (χ1v) is 6.64. The summed E-state index contributed by atoms with van der Waals surface area (Å²) in [6, 6.07) is 6.37. The van der Waals surface area contributed by atoms with Gasteiger partial charge in [0.25, 0.3) is 0 Å². The summed E-state index contributed by atoms with van der Waals surface area (Å²) in [5.74, 6) is -1.25. The van der Waals surface area contributed by atoms with Gasteiger partial charge in [0.05, 0.1) is 12.7 Å². The average molecular weight is 279 g/mol. The lowest BCUT2D eigenvalue weighted by Gasteiger charge is -2.08. The summed E-state index contributed by atoms with van der Waals surface area (Å²) in [5.41, 5.74) is 1.85. The predicted molar refractivity (Wildman–Crippen MR) is 74.1 cm³/mol. The van der Waals surface area contributed by atoms with Gasteiger partial charge in [-0.15, -0.1) is 11.3 Å². The average Bonchev–Trinajstić information content (AvgIpc) is 2.82. The molecule has 0 amide bonds. The molecule has 0 fully saturated rings. The molecule has 0 aliphatic rings. The largest absolute Gasteiger partial charge is 0.465 e. The minimum Gasteiger partial charge on any atom is -0.465 e. The van der Waals surface area contributed by atoms with Crippen molar-refractivity contribution in [2.75, 3.05) is 12.4 Å². The zero-order valence-corrected chi connectivity index (χ0v) is 11.5. The number of aryl methyl sites for hydroxylation is 1. The van der Waals surface area contributed by atoms with E-state index in [1.165, 1.54) is 29.7 Å². The SMILES string of the molecule is COC(=O)c1cc(NCc2sccc2C)ccc1F. The number of rotatable bonds is 4. The second kappa shape index (κ2) is 5.84.